The maximum atomic E-state index is 9.14. The van der Waals surface area contributed by atoms with Crippen LogP contribution in [0, 0.1) is 17.8 Å². The van der Waals surface area contributed by atoms with Crippen molar-refractivity contribution in [1.82, 2.24) is 0 Å². The average molecular weight is 154 g/mol. The van der Waals surface area contributed by atoms with Gasteiger partial charge in [-0.05, 0) is 30.6 Å². The predicted octanol–water partition coefficient (Wildman–Crippen LogP) is 2.20. The maximum Gasteiger partial charge on any atom is 0.0462 e. The first kappa shape index (κ1) is 7.60. The van der Waals surface area contributed by atoms with E-state index in [1.54, 1.807) is 0 Å². The SMILES string of the molecule is OC[C@H]1CCC[C@@H]2CCC[C@H]21. The number of hydrogen-bond donors (Lipinski definition) is 1. The molecule has 0 aromatic rings. The molecule has 2 saturated carbocycles. The first-order chi connectivity index (χ1) is 5.42. The molecular weight excluding hydrogens is 136 g/mol. The highest BCUT2D eigenvalue weighted by Crippen LogP contribution is 2.44. The van der Waals surface area contributed by atoms with Crippen LogP contribution in [0.4, 0.5) is 0 Å². The minimum absolute atomic E-state index is 0.446. The van der Waals surface area contributed by atoms with Crippen LogP contribution in [0.15, 0.2) is 0 Å². The Morgan fingerprint density at radius 2 is 1.73 bits per heavy atom. The summed E-state index contributed by atoms with van der Waals surface area (Å²) in [4.78, 5) is 0. The zero-order chi connectivity index (χ0) is 7.68. The van der Waals surface area contributed by atoms with Gasteiger partial charge >= 0.3 is 0 Å². The van der Waals surface area contributed by atoms with Crippen molar-refractivity contribution in [2.24, 2.45) is 17.8 Å². The van der Waals surface area contributed by atoms with E-state index in [0.29, 0.717) is 12.5 Å². The van der Waals surface area contributed by atoms with Gasteiger partial charge in [-0.2, -0.15) is 0 Å². The monoisotopic (exact) mass is 154 g/mol. The summed E-state index contributed by atoms with van der Waals surface area (Å²) in [7, 11) is 0. The van der Waals surface area contributed by atoms with Crippen LogP contribution in [-0.2, 0) is 0 Å². The fourth-order valence-corrected chi connectivity index (χ4v) is 3.13. The lowest BCUT2D eigenvalue weighted by atomic mass is 9.74. The second-order valence-corrected chi connectivity index (χ2v) is 4.23. The van der Waals surface area contributed by atoms with Crippen LogP contribution < -0.4 is 0 Å². The van der Waals surface area contributed by atoms with E-state index in [9.17, 15) is 0 Å². The molecule has 1 heteroatoms. The summed E-state index contributed by atoms with van der Waals surface area (Å²) >= 11 is 0. The first-order valence-electron chi connectivity index (χ1n) is 5.02. The Bertz CT molecular complexity index is 133. The van der Waals surface area contributed by atoms with E-state index in [2.05, 4.69) is 0 Å². The summed E-state index contributed by atoms with van der Waals surface area (Å²) in [5, 5.41) is 9.14. The van der Waals surface area contributed by atoms with Crippen molar-refractivity contribution in [1.29, 1.82) is 0 Å². The summed E-state index contributed by atoms with van der Waals surface area (Å²) in [6.45, 7) is 0.446. The van der Waals surface area contributed by atoms with Crippen molar-refractivity contribution in [2.45, 2.75) is 38.5 Å². The highest BCUT2D eigenvalue weighted by atomic mass is 16.3. The van der Waals surface area contributed by atoms with Crippen LogP contribution in [0.5, 0.6) is 0 Å². The third-order valence-corrected chi connectivity index (χ3v) is 3.71. The van der Waals surface area contributed by atoms with E-state index >= 15 is 0 Å². The van der Waals surface area contributed by atoms with E-state index < -0.39 is 0 Å². The highest BCUT2D eigenvalue weighted by Gasteiger charge is 2.35. The molecule has 0 unspecified atom stereocenters. The summed E-state index contributed by atoms with van der Waals surface area (Å²) in [6.07, 6.45) is 8.37. The Morgan fingerprint density at radius 3 is 2.45 bits per heavy atom. The van der Waals surface area contributed by atoms with Crippen LogP contribution in [0.3, 0.4) is 0 Å². The van der Waals surface area contributed by atoms with Gasteiger partial charge in [-0.1, -0.05) is 25.7 Å². The standard InChI is InChI=1S/C10H18O/c11-7-9-5-1-3-8-4-2-6-10(8)9/h8-11H,1-7H2/t8-,9-,10-/m1/s1. The third-order valence-electron chi connectivity index (χ3n) is 3.71. The van der Waals surface area contributed by atoms with Crippen molar-refractivity contribution in [2.75, 3.05) is 6.61 Å². The molecule has 1 nitrogen and oxygen atoms in total. The molecule has 0 bridgehead atoms. The molecule has 0 spiro atoms. The highest BCUT2D eigenvalue weighted by molar-refractivity contribution is 4.86. The number of rotatable bonds is 1. The zero-order valence-corrected chi connectivity index (χ0v) is 7.13. The molecule has 3 atom stereocenters. The molecule has 0 heterocycles. The molecule has 64 valence electrons. The van der Waals surface area contributed by atoms with Crippen molar-refractivity contribution >= 4 is 0 Å². The minimum atomic E-state index is 0.446. The predicted molar refractivity (Wildman–Crippen MR) is 45.3 cm³/mol. The van der Waals surface area contributed by atoms with Crippen LogP contribution in [0.1, 0.15) is 38.5 Å². The zero-order valence-electron chi connectivity index (χ0n) is 7.13. The van der Waals surface area contributed by atoms with Crippen LogP contribution in [0.2, 0.25) is 0 Å². The van der Waals surface area contributed by atoms with E-state index in [4.69, 9.17) is 5.11 Å². The number of aliphatic hydroxyl groups is 1. The molecule has 0 aromatic carbocycles. The molecule has 2 aliphatic rings. The molecule has 0 aromatic heterocycles. The van der Waals surface area contributed by atoms with Gasteiger partial charge in [-0.15, -0.1) is 0 Å². The molecule has 0 amide bonds. The molecular formula is C10H18O. The van der Waals surface area contributed by atoms with Gasteiger partial charge < -0.3 is 5.11 Å². The van der Waals surface area contributed by atoms with Crippen molar-refractivity contribution in [3.05, 3.63) is 0 Å². The van der Waals surface area contributed by atoms with Gasteiger partial charge in [-0.3, -0.25) is 0 Å². The normalized spacial score (nSPS) is 43.9. The van der Waals surface area contributed by atoms with Crippen molar-refractivity contribution in [3.63, 3.8) is 0 Å². The lowest BCUT2D eigenvalue weighted by Gasteiger charge is -2.32. The minimum Gasteiger partial charge on any atom is -0.396 e. The molecule has 0 radical (unpaired) electrons. The Balaban J connectivity index is 2.00. The molecule has 11 heavy (non-hydrogen) atoms. The molecule has 2 fully saturated rings. The van der Waals surface area contributed by atoms with Crippen molar-refractivity contribution in [3.8, 4) is 0 Å². The van der Waals surface area contributed by atoms with Gasteiger partial charge in [0.2, 0.25) is 0 Å². The van der Waals surface area contributed by atoms with Gasteiger partial charge in [0.15, 0.2) is 0 Å². The lowest BCUT2D eigenvalue weighted by Crippen LogP contribution is -2.26. The Morgan fingerprint density at radius 1 is 1.00 bits per heavy atom. The summed E-state index contributed by atoms with van der Waals surface area (Å²) in [5.74, 6) is 2.55. The smallest absolute Gasteiger partial charge is 0.0462 e. The van der Waals surface area contributed by atoms with Crippen molar-refractivity contribution < 1.29 is 5.11 Å². The van der Waals surface area contributed by atoms with E-state index in [0.717, 1.165) is 11.8 Å². The van der Waals surface area contributed by atoms with Crippen LogP contribution in [-0.4, -0.2) is 11.7 Å². The van der Waals surface area contributed by atoms with E-state index in [1.165, 1.54) is 38.5 Å². The second-order valence-electron chi connectivity index (χ2n) is 4.23. The molecule has 2 aliphatic carbocycles. The largest absolute Gasteiger partial charge is 0.396 e. The topological polar surface area (TPSA) is 20.2 Å². The van der Waals surface area contributed by atoms with Crippen LogP contribution in [0.25, 0.3) is 0 Å². The summed E-state index contributed by atoms with van der Waals surface area (Å²) in [5.41, 5.74) is 0. The van der Waals surface area contributed by atoms with E-state index in [1.807, 2.05) is 0 Å². The fraction of sp³-hybridized carbons (Fsp3) is 1.00. The number of aliphatic hydroxyl groups excluding tert-OH is 1. The number of hydrogen-bond acceptors (Lipinski definition) is 1. The third kappa shape index (κ3) is 1.31. The quantitative estimate of drug-likeness (QED) is 0.614. The molecule has 0 aliphatic heterocycles. The Hall–Kier alpha value is -0.0400. The van der Waals surface area contributed by atoms with Gasteiger partial charge in [0, 0.05) is 6.61 Å². The fourth-order valence-electron chi connectivity index (χ4n) is 3.13. The lowest BCUT2D eigenvalue weighted by molar-refractivity contribution is 0.108. The summed E-state index contributed by atoms with van der Waals surface area (Å²) in [6, 6.07) is 0. The maximum absolute atomic E-state index is 9.14. The van der Waals surface area contributed by atoms with Crippen LogP contribution >= 0.6 is 0 Å². The molecule has 1 N–H and O–H groups in total. The Kier molecular flexibility index (Phi) is 2.17. The van der Waals surface area contributed by atoms with Gasteiger partial charge in [0.1, 0.15) is 0 Å². The summed E-state index contributed by atoms with van der Waals surface area (Å²) < 4.78 is 0. The van der Waals surface area contributed by atoms with Gasteiger partial charge in [0.25, 0.3) is 0 Å². The average Bonchev–Trinajstić information content (AvgIpc) is 2.50. The second kappa shape index (κ2) is 3.14. The Labute approximate surface area is 68.8 Å². The first-order valence-corrected chi connectivity index (χ1v) is 5.02. The van der Waals surface area contributed by atoms with Gasteiger partial charge in [0.05, 0.1) is 0 Å². The molecule has 2 rings (SSSR count). The van der Waals surface area contributed by atoms with E-state index in [-0.39, 0.29) is 0 Å². The number of fused-ring (bicyclic) bond motifs is 1. The van der Waals surface area contributed by atoms with Gasteiger partial charge in [-0.25, -0.2) is 0 Å². The molecule has 0 saturated heterocycles.